The summed E-state index contributed by atoms with van der Waals surface area (Å²) in [6.07, 6.45) is 42.3. The number of aromatic nitrogens is 1. The third kappa shape index (κ3) is 5.45. The van der Waals surface area contributed by atoms with E-state index in [-0.39, 0.29) is 22.8 Å². The highest BCUT2D eigenvalue weighted by Crippen LogP contribution is 2.50. The van der Waals surface area contributed by atoms with Crippen LogP contribution >= 0.6 is 0 Å². The quantitative estimate of drug-likeness (QED) is 0.224. The minimum absolute atomic E-state index is 0.0838. The molecule has 8 aliphatic rings. The Hall–Kier alpha value is -5.87. The number of nitrogens with one attached hydrogen (secondary N) is 1. The van der Waals surface area contributed by atoms with E-state index in [9.17, 15) is 0 Å². The predicted molar refractivity (Wildman–Crippen MR) is 252 cm³/mol. The second kappa shape index (κ2) is 13.3. The van der Waals surface area contributed by atoms with Crippen LogP contribution in [-0.4, -0.2) is 27.3 Å². The standard InChI is InChI=1S/C56H54N4/c1-55(2)31-32-56(3,4)45-34-51-43(33-44(45)55)52-40-14-6-5-13-35(40)25-30-50(52)60(51)39-28-23-37(24-29-39)54-53(57-46-17-9-10-18-47(46)58-54)36-21-26-38(27-22-36)59-48-19-11-7-15-41(48)42-16-8-12-20-49(42)59/h5-11,13-19,21,23,25-28,30,33-34,36,41,47-48,58H,12,20,22,24,29,31-32H2,1-4H3. The highest BCUT2D eigenvalue weighted by atomic mass is 15.2. The Kier molecular flexibility index (Phi) is 7.99. The van der Waals surface area contributed by atoms with Crippen molar-refractivity contribution in [3.63, 3.8) is 0 Å². The molecule has 0 spiro atoms. The Morgan fingerprint density at radius 2 is 1.58 bits per heavy atom. The Balaban J connectivity index is 0.951. The van der Waals surface area contributed by atoms with E-state index in [1.165, 1.54) is 90.5 Å². The molecule has 0 radical (unpaired) electrons. The zero-order valence-corrected chi connectivity index (χ0v) is 35.4. The van der Waals surface area contributed by atoms with Gasteiger partial charge in [-0.25, -0.2) is 0 Å². The van der Waals surface area contributed by atoms with Crippen molar-refractivity contribution in [3.8, 4) is 0 Å². The second-order valence-corrected chi connectivity index (χ2v) is 19.5. The lowest BCUT2D eigenvalue weighted by molar-refractivity contribution is 0.332. The maximum Gasteiger partial charge on any atom is 0.0873 e. The number of rotatable bonds is 4. The van der Waals surface area contributed by atoms with Crippen molar-refractivity contribution in [2.45, 2.75) is 95.6 Å². The summed E-state index contributed by atoms with van der Waals surface area (Å²) in [5.74, 6) is 0.627. The molecular formula is C56H54N4. The summed E-state index contributed by atoms with van der Waals surface area (Å²) in [6, 6.07) is 19.2. The number of fused-ring (bicyclic) bond motifs is 9. The number of hydrogen-bond donors (Lipinski definition) is 1. The van der Waals surface area contributed by atoms with Gasteiger partial charge in [-0.3, -0.25) is 4.99 Å². The maximum atomic E-state index is 5.48. The molecule has 4 aromatic rings. The summed E-state index contributed by atoms with van der Waals surface area (Å²) in [4.78, 5) is 8.11. The zero-order valence-electron chi connectivity index (χ0n) is 35.4. The van der Waals surface area contributed by atoms with Gasteiger partial charge in [-0.1, -0.05) is 131 Å². The summed E-state index contributed by atoms with van der Waals surface area (Å²) in [5.41, 5.74) is 16.5. The normalized spacial score (nSPS) is 27.1. The van der Waals surface area contributed by atoms with Crippen LogP contribution in [0, 0.1) is 11.8 Å². The van der Waals surface area contributed by atoms with Crippen LogP contribution in [0.4, 0.5) is 0 Å². The Morgan fingerprint density at radius 1 is 0.750 bits per heavy atom. The average Bonchev–Trinajstić information content (AvgIpc) is 3.80. The Labute approximate surface area is 354 Å². The molecule has 1 aromatic heterocycles. The first-order chi connectivity index (χ1) is 29.2. The number of nitrogens with zero attached hydrogens (tertiary/aromatic N) is 3. The van der Waals surface area contributed by atoms with E-state index >= 15 is 0 Å². The van der Waals surface area contributed by atoms with Crippen molar-refractivity contribution < 1.29 is 0 Å². The lowest BCUT2D eigenvalue weighted by atomic mass is 9.63. The van der Waals surface area contributed by atoms with E-state index in [2.05, 4.69) is 182 Å². The van der Waals surface area contributed by atoms with Crippen molar-refractivity contribution in [2.75, 3.05) is 0 Å². The third-order valence-electron chi connectivity index (χ3n) is 15.1. The van der Waals surface area contributed by atoms with Crippen LogP contribution in [0.2, 0.25) is 0 Å². The molecule has 4 unspecified atom stereocenters. The van der Waals surface area contributed by atoms with E-state index in [1.807, 2.05) is 0 Å². The number of hydrogen-bond acceptors (Lipinski definition) is 3. The van der Waals surface area contributed by atoms with Gasteiger partial charge in [-0.15, -0.1) is 0 Å². The van der Waals surface area contributed by atoms with Crippen LogP contribution in [-0.2, 0) is 10.8 Å². The smallest absolute Gasteiger partial charge is 0.0873 e. The number of allylic oxidation sites excluding steroid dienone is 14. The average molecular weight is 783 g/mol. The van der Waals surface area contributed by atoms with Gasteiger partial charge in [0.25, 0.3) is 0 Å². The molecule has 3 aromatic carbocycles. The lowest BCUT2D eigenvalue weighted by Crippen LogP contribution is -2.40. The van der Waals surface area contributed by atoms with Crippen molar-refractivity contribution >= 4 is 44.0 Å². The van der Waals surface area contributed by atoms with E-state index in [1.54, 1.807) is 0 Å². The second-order valence-electron chi connectivity index (χ2n) is 19.5. The first kappa shape index (κ1) is 36.0. The maximum absolute atomic E-state index is 5.48. The number of benzene rings is 3. The summed E-state index contributed by atoms with van der Waals surface area (Å²) >= 11 is 0. The fourth-order valence-electron chi connectivity index (χ4n) is 11.7. The molecule has 2 aliphatic heterocycles. The monoisotopic (exact) mass is 782 g/mol. The summed E-state index contributed by atoms with van der Waals surface area (Å²) in [7, 11) is 0. The molecule has 4 heteroatoms. The molecule has 12 rings (SSSR count). The fourth-order valence-corrected chi connectivity index (χ4v) is 11.7. The molecule has 1 N–H and O–H groups in total. The van der Waals surface area contributed by atoms with Gasteiger partial charge in [-0.05, 0) is 125 Å². The van der Waals surface area contributed by atoms with Crippen molar-refractivity contribution in [1.82, 2.24) is 14.8 Å². The van der Waals surface area contributed by atoms with Crippen LogP contribution < -0.4 is 5.32 Å². The third-order valence-corrected chi connectivity index (χ3v) is 15.1. The zero-order chi connectivity index (χ0) is 40.3. The number of aliphatic imine (C=N–C) groups is 1. The summed E-state index contributed by atoms with van der Waals surface area (Å²) in [6.45, 7) is 9.79. The molecular weight excluding hydrogens is 729 g/mol. The predicted octanol–water partition coefficient (Wildman–Crippen LogP) is 13.1. The van der Waals surface area contributed by atoms with Crippen molar-refractivity contribution in [1.29, 1.82) is 0 Å². The fraction of sp³-hybridized carbons (Fsp3) is 0.304. The minimum atomic E-state index is 0.0838. The van der Waals surface area contributed by atoms with Gasteiger partial charge in [0, 0.05) is 39.7 Å². The van der Waals surface area contributed by atoms with Crippen molar-refractivity contribution in [2.24, 2.45) is 16.8 Å². The summed E-state index contributed by atoms with van der Waals surface area (Å²) in [5, 5.41) is 9.40. The van der Waals surface area contributed by atoms with Crippen LogP contribution in [0.3, 0.4) is 0 Å². The molecule has 298 valence electrons. The minimum Gasteiger partial charge on any atom is -0.372 e. The van der Waals surface area contributed by atoms with E-state index in [0.717, 1.165) is 43.5 Å². The van der Waals surface area contributed by atoms with Gasteiger partial charge in [0.05, 0.1) is 40.2 Å². The lowest BCUT2D eigenvalue weighted by Gasteiger charge is -2.42. The van der Waals surface area contributed by atoms with Gasteiger partial charge in [0.15, 0.2) is 0 Å². The van der Waals surface area contributed by atoms with Crippen LogP contribution in [0.25, 0.3) is 38.3 Å². The first-order valence-corrected chi connectivity index (χ1v) is 22.5. The van der Waals surface area contributed by atoms with Crippen molar-refractivity contribution in [3.05, 3.63) is 185 Å². The molecule has 0 bridgehead atoms. The Morgan fingerprint density at radius 3 is 2.42 bits per heavy atom. The van der Waals surface area contributed by atoms with Crippen LogP contribution in [0.1, 0.15) is 83.8 Å². The molecule has 0 amide bonds. The van der Waals surface area contributed by atoms with E-state index < -0.39 is 0 Å². The van der Waals surface area contributed by atoms with Crippen LogP contribution in [0.5, 0.6) is 0 Å². The molecule has 0 saturated carbocycles. The Bertz CT molecular complexity index is 2950. The molecule has 4 nitrogen and oxygen atoms in total. The molecule has 3 heterocycles. The van der Waals surface area contributed by atoms with Crippen LogP contribution in [0.15, 0.2) is 179 Å². The van der Waals surface area contributed by atoms with Gasteiger partial charge in [0.1, 0.15) is 0 Å². The molecule has 0 fully saturated rings. The van der Waals surface area contributed by atoms with Gasteiger partial charge < -0.3 is 14.8 Å². The van der Waals surface area contributed by atoms with Gasteiger partial charge in [0.2, 0.25) is 0 Å². The molecule has 0 saturated heterocycles. The molecule has 4 atom stereocenters. The van der Waals surface area contributed by atoms with E-state index in [0.29, 0.717) is 12.0 Å². The van der Waals surface area contributed by atoms with Gasteiger partial charge >= 0.3 is 0 Å². The van der Waals surface area contributed by atoms with E-state index in [4.69, 9.17) is 4.99 Å². The SMILES string of the molecule is CC1(C)CCC(C)(C)c2cc3c(cc21)c1c2ccccc2ccc1n3C1=CC=C(C2=C(C3C=CC(N4C5=C(C=CCC5)C5C=CC=CC54)=CC3)N=C3C=CC=CC3N2)CC1. The highest BCUT2D eigenvalue weighted by Gasteiger charge is 2.41. The highest BCUT2D eigenvalue weighted by molar-refractivity contribution is 6.22. The molecule has 6 aliphatic carbocycles. The summed E-state index contributed by atoms with van der Waals surface area (Å²) < 4.78 is 2.61. The molecule has 60 heavy (non-hydrogen) atoms. The largest absolute Gasteiger partial charge is 0.372 e. The topological polar surface area (TPSA) is 32.6 Å². The first-order valence-electron chi connectivity index (χ1n) is 22.5. The van der Waals surface area contributed by atoms with Gasteiger partial charge in [-0.2, -0.15) is 0 Å².